The number of carboxylic acid groups (broad SMARTS) is 1. The molecule has 1 aliphatic rings. The summed E-state index contributed by atoms with van der Waals surface area (Å²) in [5.41, 5.74) is 0. The molecule has 0 bridgehead atoms. The van der Waals surface area contributed by atoms with Gasteiger partial charge in [-0.2, -0.15) is 0 Å². The van der Waals surface area contributed by atoms with Gasteiger partial charge in [-0.1, -0.05) is 0 Å². The molecule has 1 aliphatic heterocycles. The molecule has 1 rings (SSSR count). The lowest BCUT2D eigenvalue weighted by Crippen LogP contribution is -2.40. The SMILES string of the molecule is CC(C)(SCC(=O)NC1CCOCC1)C(=O)O. The van der Waals surface area contributed by atoms with Gasteiger partial charge in [-0.3, -0.25) is 9.59 Å². The molecule has 0 spiro atoms. The molecule has 0 aromatic carbocycles. The average Bonchev–Trinajstić information content (AvgIpc) is 2.28. The van der Waals surface area contributed by atoms with Gasteiger partial charge in [0.1, 0.15) is 4.75 Å². The molecule has 5 nitrogen and oxygen atoms in total. The quantitative estimate of drug-likeness (QED) is 0.768. The highest BCUT2D eigenvalue weighted by molar-refractivity contribution is 8.01. The number of hydrogen-bond acceptors (Lipinski definition) is 4. The van der Waals surface area contributed by atoms with Crippen molar-refractivity contribution in [3.05, 3.63) is 0 Å². The number of thioether (sulfide) groups is 1. The first-order valence-electron chi connectivity index (χ1n) is 5.66. The molecule has 1 fully saturated rings. The van der Waals surface area contributed by atoms with Gasteiger partial charge in [0.05, 0.1) is 5.75 Å². The van der Waals surface area contributed by atoms with Crippen molar-refractivity contribution in [2.24, 2.45) is 0 Å². The van der Waals surface area contributed by atoms with Gasteiger partial charge in [0.2, 0.25) is 5.91 Å². The summed E-state index contributed by atoms with van der Waals surface area (Å²) in [5, 5.41) is 11.8. The Balaban J connectivity index is 2.27. The Morgan fingerprint density at radius 3 is 2.53 bits per heavy atom. The number of carbonyl (C=O) groups excluding carboxylic acids is 1. The van der Waals surface area contributed by atoms with E-state index >= 15 is 0 Å². The minimum Gasteiger partial charge on any atom is -0.480 e. The average molecular weight is 261 g/mol. The molecule has 0 unspecified atom stereocenters. The molecule has 0 aromatic rings. The molecule has 6 heteroatoms. The van der Waals surface area contributed by atoms with E-state index in [-0.39, 0.29) is 17.7 Å². The van der Waals surface area contributed by atoms with E-state index in [0.717, 1.165) is 24.6 Å². The first-order valence-corrected chi connectivity index (χ1v) is 6.65. The molecular formula is C11H19NO4S. The molecular weight excluding hydrogens is 242 g/mol. The number of aliphatic carboxylic acids is 1. The highest BCUT2D eigenvalue weighted by Gasteiger charge is 2.28. The number of rotatable bonds is 5. The number of ether oxygens (including phenoxy) is 1. The predicted octanol–water partition coefficient (Wildman–Crippen LogP) is 0.878. The smallest absolute Gasteiger partial charge is 0.319 e. The third-order valence-corrected chi connectivity index (χ3v) is 3.97. The summed E-state index contributed by atoms with van der Waals surface area (Å²) in [6.07, 6.45) is 1.66. The molecule has 0 saturated carbocycles. The fraction of sp³-hybridized carbons (Fsp3) is 0.818. The van der Waals surface area contributed by atoms with Crippen LogP contribution in [-0.4, -0.2) is 46.7 Å². The van der Waals surface area contributed by atoms with Crippen LogP contribution in [0.4, 0.5) is 0 Å². The van der Waals surface area contributed by atoms with Crippen LogP contribution in [0.15, 0.2) is 0 Å². The zero-order chi connectivity index (χ0) is 12.9. The molecule has 0 aromatic heterocycles. The number of hydrogen-bond donors (Lipinski definition) is 2. The van der Waals surface area contributed by atoms with Crippen molar-refractivity contribution in [3.8, 4) is 0 Å². The van der Waals surface area contributed by atoms with Crippen LogP contribution in [-0.2, 0) is 14.3 Å². The molecule has 98 valence electrons. The summed E-state index contributed by atoms with van der Waals surface area (Å²) in [6.45, 7) is 4.56. The Hall–Kier alpha value is -0.750. The highest BCUT2D eigenvalue weighted by Crippen LogP contribution is 2.24. The number of amides is 1. The van der Waals surface area contributed by atoms with E-state index in [0.29, 0.717) is 13.2 Å². The van der Waals surface area contributed by atoms with Crippen LogP contribution in [0.3, 0.4) is 0 Å². The third-order valence-electron chi connectivity index (χ3n) is 2.67. The van der Waals surface area contributed by atoms with Crippen LogP contribution in [0.25, 0.3) is 0 Å². The highest BCUT2D eigenvalue weighted by atomic mass is 32.2. The molecule has 0 radical (unpaired) electrons. The van der Waals surface area contributed by atoms with Gasteiger partial charge in [-0.15, -0.1) is 11.8 Å². The normalized spacial score (nSPS) is 17.8. The van der Waals surface area contributed by atoms with Gasteiger partial charge in [0, 0.05) is 19.3 Å². The minimum absolute atomic E-state index is 0.101. The van der Waals surface area contributed by atoms with E-state index in [1.165, 1.54) is 0 Å². The summed E-state index contributed by atoms with van der Waals surface area (Å²) >= 11 is 1.14. The lowest BCUT2D eigenvalue weighted by atomic mass is 10.1. The van der Waals surface area contributed by atoms with Gasteiger partial charge in [-0.05, 0) is 26.7 Å². The molecule has 1 saturated heterocycles. The minimum atomic E-state index is -0.924. The van der Waals surface area contributed by atoms with Crippen molar-refractivity contribution in [2.75, 3.05) is 19.0 Å². The van der Waals surface area contributed by atoms with Crippen molar-refractivity contribution >= 4 is 23.6 Å². The Morgan fingerprint density at radius 2 is 2.00 bits per heavy atom. The fourth-order valence-electron chi connectivity index (χ4n) is 1.42. The van der Waals surface area contributed by atoms with Gasteiger partial charge in [0.15, 0.2) is 0 Å². The fourth-order valence-corrected chi connectivity index (χ4v) is 2.12. The summed E-state index contributed by atoms with van der Waals surface area (Å²) in [7, 11) is 0. The largest absolute Gasteiger partial charge is 0.480 e. The molecule has 2 N–H and O–H groups in total. The van der Waals surface area contributed by atoms with E-state index in [4.69, 9.17) is 9.84 Å². The maximum absolute atomic E-state index is 11.6. The Bertz CT molecular complexity index is 287. The Labute approximate surface area is 105 Å². The second kappa shape index (κ2) is 6.26. The monoisotopic (exact) mass is 261 g/mol. The summed E-state index contributed by atoms with van der Waals surface area (Å²) in [4.78, 5) is 22.5. The van der Waals surface area contributed by atoms with E-state index in [9.17, 15) is 9.59 Å². The predicted molar refractivity (Wildman–Crippen MR) is 66.2 cm³/mol. The van der Waals surface area contributed by atoms with Crippen LogP contribution in [0, 0.1) is 0 Å². The number of carboxylic acids is 1. The molecule has 0 aliphatic carbocycles. The van der Waals surface area contributed by atoms with Crippen molar-refractivity contribution in [1.82, 2.24) is 5.32 Å². The first-order chi connectivity index (χ1) is 7.92. The second-order valence-corrected chi connectivity index (χ2v) is 6.16. The van der Waals surface area contributed by atoms with E-state index in [2.05, 4.69) is 5.32 Å². The van der Waals surface area contributed by atoms with E-state index < -0.39 is 10.7 Å². The van der Waals surface area contributed by atoms with Crippen LogP contribution in [0.2, 0.25) is 0 Å². The molecule has 17 heavy (non-hydrogen) atoms. The maximum Gasteiger partial charge on any atom is 0.319 e. The molecule has 1 heterocycles. The second-order valence-electron chi connectivity index (χ2n) is 4.56. The molecule has 1 amide bonds. The van der Waals surface area contributed by atoms with Crippen molar-refractivity contribution in [3.63, 3.8) is 0 Å². The number of nitrogens with one attached hydrogen (secondary N) is 1. The van der Waals surface area contributed by atoms with Crippen molar-refractivity contribution < 1.29 is 19.4 Å². The van der Waals surface area contributed by atoms with Gasteiger partial charge < -0.3 is 15.2 Å². The standard InChI is InChI=1S/C11H19NO4S/c1-11(2,10(14)15)17-7-9(13)12-8-3-5-16-6-4-8/h8H,3-7H2,1-2H3,(H,12,13)(H,14,15). The van der Waals surface area contributed by atoms with E-state index in [1.807, 2.05) is 0 Å². The van der Waals surface area contributed by atoms with Crippen molar-refractivity contribution in [1.29, 1.82) is 0 Å². The van der Waals surface area contributed by atoms with Gasteiger partial charge in [-0.25, -0.2) is 0 Å². The lowest BCUT2D eigenvalue weighted by Gasteiger charge is -2.24. The van der Waals surface area contributed by atoms with Gasteiger partial charge in [0.25, 0.3) is 0 Å². The number of carbonyl (C=O) groups is 2. The summed E-state index contributed by atoms with van der Waals surface area (Å²) in [5.74, 6) is -0.825. The third kappa shape index (κ3) is 4.95. The maximum atomic E-state index is 11.6. The summed E-state index contributed by atoms with van der Waals surface area (Å²) < 4.78 is 4.27. The lowest BCUT2D eigenvalue weighted by molar-refractivity contribution is -0.138. The van der Waals surface area contributed by atoms with Crippen LogP contribution in [0.5, 0.6) is 0 Å². The Morgan fingerprint density at radius 1 is 1.41 bits per heavy atom. The zero-order valence-corrected chi connectivity index (χ0v) is 11.0. The van der Waals surface area contributed by atoms with E-state index in [1.54, 1.807) is 13.8 Å². The summed E-state index contributed by atoms with van der Waals surface area (Å²) in [6, 6.07) is 0.171. The van der Waals surface area contributed by atoms with Crippen molar-refractivity contribution in [2.45, 2.75) is 37.5 Å². The van der Waals surface area contributed by atoms with Crippen LogP contribution >= 0.6 is 11.8 Å². The van der Waals surface area contributed by atoms with Crippen LogP contribution in [0.1, 0.15) is 26.7 Å². The van der Waals surface area contributed by atoms with Crippen LogP contribution < -0.4 is 5.32 Å². The zero-order valence-electron chi connectivity index (χ0n) is 10.2. The Kier molecular flexibility index (Phi) is 5.27. The first kappa shape index (κ1) is 14.3. The van der Waals surface area contributed by atoms with Gasteiger partial charge >= 0.3 is 5.97 Å². The molecule has 0 atom stereocenters. The topological polar surface area (TPSA) is 75.6 Å².